The number of thioether (sulfide) groups is 1. The summed E-state index contributed by atoms with van der Waals surface area (Å²) < 4.78 is 7.27. The van der Waals surface area contributed by atoms with Gasteiger partial charge in [-0.3, -0.25) is 9.69 Å². The Morgan fingerprint density at radius 3 is 2.77 bits per heavy atom. The first-order valence-corrected chi connectivity index (χ1v) is 12.0. The van der Waals surface area contributed by atoms with E-state index in [-0.39, 0.29) is 5.91 Å². The summed E-state index contributed by atoms with van der Waals surface area (Å²) in [5.41, 5.74) is 3.93. The van der Waals surface area contributed by atoms with Crippen LogP contribution in [-0.2, 0) is 4.79 Å². The summed E-state index contributed by atoms with van der Waals surface area (Å²) >= 11 is 5.17. The zero-order chi connectivity index (χ0) is 22.0. The van der Waals surface area contributed by atoms with E-state index >= 15 is 0 Å². The Bertz CT molecular complexity index is 1120. The standard InChI is InChI=1S/C23H23BrN4O2S/c1-4-5-12-31-23-25-21-20(26-27-23)17-13-14(2)10-11-19(17)28(15(3)29)22(30-21)16-8-6-7-9-18(16)24/h6-11,13,22H,4-5,12H2,1-3H3/t22-/m0/s1. The number of hydrogen-bond acceptors (Lipinski definition) is 6. The Balaban J connectivity index is 1.90. The fraction of sp³-hybridized carbons (Fsp3) is 0.304. The monoisotopic (exact) mass is 498 g/mol. The topological polar surface area (TPSA) is 68.2 Å². The summed E-state index contributed by atoms with van der Waals surface area (Å²) in [6.07, 6.45) is 1.48. The predicted molar refractivity (Wildman–Crippen MR) is 126 cm³/mol. The third-order valence-corrected chi connectivity index (χ3v) is 6.65. The fourth-order valence-electron chi connectivity index (χ4n) is 3.46. The molecule has 1 aromatic heterocycles. The molecule has 3 aromatic rings. The van der Waals surface area contributed by atoms with Crippen LogP contribution >= 0.6 is 27.7 Å². The zero-order valence-corrected chi connectivity index (χ0v) is 20.0. The molecule has 4 rings (SSSR count). The first kappa shape index (κ1) is 21.8. The second kappa shape index (κ2) is 9.36. The van der Waals surface area contributed by atoms with Gasteiger partial charge in [0.25, 0.3) is 0 Å². The largest absolute Gasteiger partial charge is 0.447 e. The average molecular weight is 499 g/mol. The SMILES string of the molecule is CCCCSc1nnc2c(n1)O[C@@H](c1ccccc1Br)N(C(C)=O)c1ccc(C)cc1-2. The van der Waals surface area contributed by atoms with Crippen LogP contribution < -0.4 is 9.64 Å². The van der Waals surface area contributed by atoms with E-state index in [0.29, 0.717) is 16.7 Å². The molecule has 0 bridgehead atoms. The van der Waals surface area contributed by atoms with E-state index in [2.05, 4.69) is 38.0 Å². The van der Waals surface area contributed by atoms with Crippen LogP contribution in [0.4, 0.5) is 5.69 Å². The molecule has 0 unspecified atom stereocenters. The van der Waals surface area contributed by atoms with Gasteiger partial charge in [0.15, 0.2) is 5.69 Å². The number of amides is 1. The maximum atomic E-state index is 12.9. The van der Waals surface area contributed by atoms with Gasteiger partial charge >= 0.3 is 0 Å². The van der Waals surface area contributed by atoms with Crippen molar-refractivity contribution in [1.29, 1.82) is 0 Å². The number of aromatic nitrogens is 3. The normalized spacial score (nSPS) is 15.0. The van der Waals surface area contributed by atoms with Gasteiger partial charge < -0.3 is 4.74 Å². The Labute approximate surface area is 194 Å². The molecule has 1 aliphatic rings. The quantitative estimate of drug-likeness (QED) is 0.320. The van der Waals surface area contributed by atoms with E-state index in [1.54, 1.807) is 16.7 Å². The van der Waals surface area contributed by atoms with Crippen LogP contribution in [0.1, 0.15) is 44.0 Å². The number of hydrogen-bond donors (Lipinski definition) is 0. The van der Waals surface area contributed by atoms with Gasteiger partial charge in [0.1, 0.15) is 0 Å². The van der Waals surface area contributed by atoms with Crippen molar-refractivity contribution in [2.24, 2.45) is 0 Å². The molecule has 0 saturated heterocycles. The van der Waals surface area contributed by atoms with Crippen LogP contribution in [0.2, 0.25) is 0 Å². The summed E-state index contributed by atoms with van der Waals surface area (Å²) in [6.45, 7) is 5.70. The van der Waals surface area contributed by atoms with E-state index in [1.165, 1.54) is 6.92 Å². The number of ether oxygens (including phenoxy) is 1. The van der Waals surface area contributed by atoms with Gasteiger partial charge in [-0.15, -0.1) is 10.2 Å². The molecule has 1 amide bonds. The number of aryl methyl sites for hydroxylation is 1. The minimum absolute atomic E-state index is 0.135. The lowest BCUT2D eigenvalue weighted by Gasteiger charge is -2.30. The fourth-order valence-corrected chi connectivity index (χ4v) is 4.81. The molecule has 0 aliphatic carbocycles. The van der Waals surface area contributed by atoms with Crippen molar-refractivity contribution in [2.45, 2.75) is 45.0 Å². The summed E-state index contributed by atoms with van der Waals surface area (Å²) in [5, 5.41) is 9.38. The lowest BCUT2D eigenvalue weighted by molar-refractivity contribution is -0.118. The molecule has 2 aromatic carbocycles. The van der Waals surface area contributed by atoms with Crippen molar-refractivity contribution in [3.8, 4) is 17.1 Å². The maximum Gasteiger partial charge on any atom is 0.247 e. The Morgan fingerprint density at radius 1 is 1.23 bits per heavy atom. The number of halogens is 1. The smallest absolute Gasteiger partial charge is 0.247 e. The average Bonchev–Trinajstić information content (AvgIpc) is 2.88. The van der Waals surface area contributed by atoms with E-state index in [9.17, 15) is 4.79 Å². The van der Waals surface area contributed by atoms with Crippen LogP contribution in [0, 0.1) is 6.92 Å². The number of benzene rings is 2. The summed E-state index contributed by atoms with van der Waals surface area (Å²) in [5.74, 6) is 1.16. The van der Waals surface area contributed by atoms with Crippen molar-refractivity contribution in [3.05, 3.63) is 58.1 Å². The number of carbonyl (C=O) groups excluding carboxylic acids is 1. The van der Waals surface area contributed by atoms with Crippen LogP contribution in [0.3, 0.4) is 0 Å². The van der Waals surface area contributed by atoms with Gasteiger partial charge in [0.2, 0.25) is 23.2 Å². The molecule has 0 N–H and O–H groups in total. The molecule has 31 heavy (non-hydrogen) atoms. The zero-order valence-electron chi connectivity index (χ0n) is 17.6. The van der Waals surface area contributed by atoms with Gasteiger partial charge in [0.05, 0.1) is 5.69 Å². The van der Waals surface area contributed by atoms with E-state index < -0.39 is 6.23 Å². The van der Waals surface area contributed by atoms with Crippen molar-refractivity contribution < 1.29 is 9.53 Å². The van der Waals surface area contributed by atoms with Gasteiger partial charge in [-0.25, -0.2) is 0 Å². The summed E-state index contributed by atoms with van der Waals surface area (Å²) in [6, 6.07) is 13.6. The number of rotatable bonds is 5. The molecule has 2 heterocycles. The molecule has 0 saturated carbocycles. The molecular formula is C23H23BrN4O2S. The lowest BCUT2D eigenvalue weighted by Crippen LogP contribution is -2.36. The van der Waals surface area contributed by atoms with E-state index in [4.69, 9.17) is 4.74 Å². The third-order valence-electron chi connectivity index (χ3n) is 5.00. The van der Waals surface area contributed by atoms with Crippen molar-refractivity contribution in [1.82, 2.24) is 15.2 Å². The van der Waals surface area contributed by atoms with E-state index in [0.717, 1.165) is 45.4 Å². The summed E-state index contributed by atoms with van der Waals surface area (Å²) in [4.78, 5) is 19.2. The number of unbranched alkanes of at least 4 members (excludes halogenated alkanes) is 1. The molecule has 6 nitrogen and oxygen atoms in total. The van der Waals surface area contributed by atoms with Crippen LogP contribution in [0.25, 0.3) is 11.3 Å². The number of nitrogens with zero attached hydrogens (tertiary/aromatic N) is 4. The minimum atomic E-state index is -0.694. The minimum Gasteiger partial charge on any atom is -0.447 e. The first-order chi connectivity index (χ1) is 15.0. The lowest BCUT2D eigenvalue weighted by atomic mass is 10.0. The molecule has 0 spiro atoms. The molecule has 160 valence electrons. The van der Waals surface area contributed by atoms with Crippen LogP contribution in [0.5, 0.6) is 5.88 Å². The highest BCUT2D eigenvalue weighted by Gasteiger charge is 2.35. The van der Waals surface area contributed by atoms with Gasteiger partial charge in [0, 0.05) is 28.3 Å². The molecule has 0 fully saturated rings. The number of anilines is 1. The Hall–Kier alpha value is -2.45. The van der Waals surface area contributed by atoms with Gasteiger partial charge in [-0.05, 0) is 31.5 Å². The van der Waals surface area contributed by atoms with Crippen LogP contribution in [-0.4, -0.2) is 26.8 Å². The van der Waals surface area contributed by atoms with Crippen molar-refractivity contribution in [2.75, 3.05) is 10.7 Å². The number of carbonyl (C=O) groups is 1. The second-order valence-electron chi connectivity index (χ2n) is 7.35. The molecular weight excluding hydrogens is 476 g/mol. The molecule has 1 aliphatic heterocycles. The van der Waals surface area contributed by atoms with Crippen molar-refractivity contribution >= 4 is 39.3 Å². The Kier molecular flexibility index (Phi) is 6.57. The van der Waals surface area contributed by atoms with Crippen LogP contribution in [0.15, 0.2) is 52.1 Å². The van der Waals surface area contributed by atoms with Crippen molar-refractivity contribution in [3.63, 3.8) is 0 Å². The first-order valence-electron chi connectivity index (χ1n) is 10.2. The predicted octanol–water partition coefficient (Wildman–Crippen LogP) is 5.95. The Morgan fingerprint density at radius 2 is 2.03 bits per heavy atom. The molecule has 0 radical (unpaired) electrons. The highest BCUT2D eigenvalue weighted by Crippen LogP contribution is 2.44. The highest BCUT2D eigenvalue weighted by atomic mass is 79.9. The highest BCUT2D eigenvalue weighted by molar-refractivity contribution is 9.10. The van der Waals surface area contributed by atoms with Gasteiger partial charge in [-0.2, -0.15) is 4.98 Å². The number of fused-ring (bicyclic) bond motifs is 3. The second-order valence-corrected chi connectivity index (χ2v) is 9.27. The van der Waals surface area contributed by atoms with E-state index in [1.807, 2.05) is 49.4 Å². The van der Waals surface area contributed by atoms with Gasteiger partial charge in [-0.1, -0.05) is 70.9 Å². The molecule has 8 heteroatoms. The maximum absolute atomic E-state index is 12.9. The summed E-state index contributed by atoms with van der Waals surface area (Å²) in [7, 11) is 0. The molecule has 1 atom stereocenters. The third kappa shape index (κ3) is 4.45.